The Bertz CT molecular complexity index is 1050. The summed E-state index contributed by atoms with van der Waals surface area (Å²) in [7, 11) is -4.35. The van der Waals surface area contributed by atoms with Gasteiger partial charge in [0.15, 0.2) is 8.32 Å². The Morgan fingerprint density at radius 2 is 1.64 bits per heavy atom. The second-order valence-corrected chi connectivity index (χ2v) is 17.1. The third-order valence-corrected chi connectivity index (χ3v) is 13.4. The molecule has 1 fully saturated rings. The summed E-state index contributed by atoms with van der Waals surface area (Å²) in [5, 5.41) is 11.3. The van der Waals surface area contributed by atoms with Gasteiger partial charge in [-0.05, 0) is 61.3 Å². The highest BCUT2D eigenvalue weighted by Gasteiger charge is 2.47. The Labute approximate surface area is 199 Å². The first-order valence-corrected chi connectivity index (χ1v) is 15.7. The minimum atomic E-state index is -3.81. The van der Waals surface area contributed by atoms with Gasteiger partial charge < -0.3 is 14.3 Å². The first kappa shape index (κ1) is 25.9. The molecule has 182 valence electrons. The lowest BCUT2D eigenvalue weighted by molar-refractivity contribution is 0.104. The van der Waals surface area contributed by atoms with E-state index in [0.29, 0.717) is 17.7 Å². The maximum Gasteiger partial charge on any atom is 0.243 e. The lowest BCUT2D eigenvalue weighted by atomic mass is 10.0. The maximum atomic E-state index is 13.7. The number of benzene rings is 2. The van der Waals surface area contributed by atoms with Crippen LogP contribution in [0.2, 0.25) is 18.1 Å². The normalized spacial score (nSPS) is 21.2. The van der Waals surface area contributed by atoms with Crippen LogP contribution in [0.4, 0.5) is 0 Å². The predicted molar refractivity (Wildman–Crippen MR) is 133 cm³/mol. The molecule has 6 nitrogen and oxygen atoms in total. The lowest BCUT2D eigenvalue weighted by Crippen LogP contribution is -2.44. The third-order valence-electron chi connectivity index (χ3n) is 6.97. The highest BCUT2D eigenvalue weighted by atomic mass is 32.2. The van der Waals surface area contributed by atoms with Gasteiger partial charge in [0.2, 0.25) is 10.0 Å². The van der Waals surface area contributed by atoms with Crippen molar-refractivity contribution in [2.75, 3.05) is 13.7 Å². The first-order valence-electron chi connectivity index (χ1n) is 11.3. The Morgan fingerprint density at radius 1 is 1.06 bits per heavy atom. The molecular formula is C25H37NO5SSi. The van der Waals surface area contributed by atoms with Gasteiger partial charge in [-0.25, -0.2) is 8.42 Å². The molecule has 1 unspecified atom stereocenters. The molecule has 1 aliphatic heterocycles. The quantitative estimate of drug-likeness (QED) is 0.558. The standard InChI is InChI=1S/C25H37NO5SSi/c1-18-8-14-22(15-9-18)32(28,29)26-17-21(31-33(6,7)25(2,3)4)16-23(26)24(27)19-10-12-20(30-5)13-11-19/h8-15,21,23-24,27H,16-17H2,1-7H3/t21-,23+,24?/m1/s1. The Balaban J connectivity index is 1.96. The highest BCUT2D eigenvalue weighted by Crippen LogP contribution is 2.41. The molecule has 3 atom stereocenters. The number of aliphatic hydroxyl groups is 1. The van der Waals surface area contributed by atoms with E-state index in [9.17, 15) is 13.5 Å². The topological polar surface area (TPSA) is 76.1 Å². The van der Waals surface area contributed by atoms with Gasteiger partial charge in [-0.1, -0.05) is 50.6 Å². The van der Waals surface area contributed by atoms with E-state index in [-0.39, 0.29) is 22.6 Å². The van der Waals surface area contributed by atoms with Gasteiger partial charge in [-0.2, -0.15) is 4.31 Å². The molecule has 1 saturated heterocycles. The second kappa shape index (κ2) is 9.50. The molecule has 8 heteroatoms. The summed E-state index contributed by atoms with van der Waals surface area (Å²) in [6.45, 7) is 13.0. The van der Waals surface area contributed by atoms with Crippen LogP contribution in [0.1, 0.15) is 44.4 Å². The summed E-state index contributed by atoms with van der Waals surface area (Å²) in [6, 6.07) is 13.3. The van der Waals surface area contributed by atoms with Crippen molar-refractivity contribution in [2.45, 2.75) is 75.4 Å². The van der Waals surface area contributed by atoms with Crippen molar-refractivity contribution in [1.29, 1.82) is 0 Å². The van der Waals surface area contributed by atoms with E-state index in [1.54, 1.807) is 55.6 Å². The second-order valence-electron chi connectivity index (χ2n) is 10.4. The average Bonchev–Trinajstić information content (AvgIpc) is 3.17. The number of rotatable bonds is 7. The predicted octanol–water partition coefficient (Wildman–Crippen LogP) is 4.89. The number of methoxy groups -OCH3 is 1. The van der Waals surface area contributed by atoms with Crippen molar-refractivity contribution < 1.29 is 22.7 Å². The fraction of sp³-hybridized carbons (Fsp3) is 0.520. The van der Waals surface area contributed by atoms with Crippen molar-refractivity contribution in [3.8, 4) is 5.75 Å². The number of ether oxygens (including phenoxy) is 1. The van der Waals surface area contributed by atoms with Crippen LogP contribution in [0, 0.1) is 6.92 Å². The van der Waals surface area contributed by atoms with Gasteiger partial charge in [-0.3, -0.25) is 0 Å². The molecule has 1 aliphatic rings. The van der Waals surface area contributed by atoms with Crippen LogP contribution in [0.15, 0.2) is 53.4 Å². The van der Waals surface area contributed by atoms with Crippen LogP contribution in [-0.2, 0) is 14.4 Å². The molecule has 33 heavy (non-hydrogen) atoms. The Morgan fingerprint density at radius 3 is 2.15 bits per heavy atom. The number of sulfonamides is 1. The van der Waals surface area contributed by atoms with Crippen molar-refractivity contribution in [2.24, 2.45) is 0 Å². The van der Waals surface area contributed by atoms with E-state index in [1.165, 1.54) is 4.31 Å². The zero-order valence-electron chi connectivity index (χ0n) is 20.7. The van der Waals surface area contributed by atoms with Crippen molar-refractivity contribution in [1.82, 2.24) is 4.31 Å². The summed E-state index contributed by atoms with van der Waals surface area (Å²) >= 11 is 0. The molecular weight excluding hydrogens is 454 g/mol. The molecule has 0 amide bonds. The number of hydrogen-bond acceptors (Lipinski definition) is 5. The van der Waals surface area contributed by atoms with Crippen LogP contribution in [0.5, 0.6) is 5.75 Å². The average molecular weight is 492 g/mol. The lowest BCUT2D eigenvalue weighted by Gasteiger charge is -2.38. The molecule has 0 radical (unpaired) electrons. The van der Waals surface area contributed by atoms with E-state index in [2.05, 4.69) is 33.9 Å². The van der Waals surface area contributed by atoms with Gasteiger partial charge >= 0.3 is 0 Å². The van der Waals surface area contributed by atoms with Crippen molar-refractivity contribution in [3.63, 3.8) is 0 Å². The molecule has 0 bridgehead atoms. The number of hydrogen-bond donors (Lipinski definition) is 1. The van der Waals surface area contributed by atoms with Gasteiger partial charge in [0.25, 0.3) is 0 Å². The van der Waals surface area contributed by atoms with Crippen LogP contribution in [-0.4, -0.2) is 51.9 Å². The molecule has 0 aliphatic carbocycles. The number of nitrogens with zero attached hydrogens (tertiary/aromatic N) is 1. The molecule has 3 rings (SSSR count). The molecule has 0 saturated carbocycles. The maximum absolute atomic E-state index is 13.7. The smallest absolute Gasteiger partial charge is 0.243 e. The summed E-state index contributed by atoms with van der Waals surface area (Å²) in [4.78, 5) is 0.230. The minimum absolute atomic E-state index is 0.000345. The van der Waals surface area contributed by atoms with Crippen LogP contribution >= 0.6 is 0 Å². The van der Waals surface area contributed by atoms with Crippen LogP contribution < -0.4 is 4.74 Å². The van der Waals surface area contributed by atoms with Crippen LogP contribution in [0.3, 0.4) is 0 Å². The zero-order valence-corrected chi connectivity index (χ0v) is 22.5. The van der Waals surface area contributed by atoms with Gasteiger partial charge in [0, 0.05) is 6.54 Å². The Kier molecular flexibility index (Phi) is 7.46. The molecule has 2 aromatic carbocycles. The zero-order chi connectivity index (χ0) is 24.6. The molecule has 1 heterocycles. The SMILES string of the molecule is COc1ccc(C(O)[C@@H]2C[C@@H](O[Si](C)(C)C(C)(C)C)CN2S(=O)(=O)c2ccc(C)cc2)cc1. The van der Waals surface area contributed by atoms with Crippen molar-refractivity contribution in [3.05, 3.63) is 59.7 Å². The largest absolute Gasteiger partial charge is 0.497 e. The van der Waals surface area contributed by atoms with Crippen molar-refractivity contribution >= 4 is 18.3 Å². The highest BCUT2D eigenvalue weighted by molar-refractivity contribution is 7.89. The van der Waals surface area contributed by atoms with E-state index >= 15 is 0 Å². The first-order chi connectivity index (χ1) is 15.3. The number of aliphatic hydroxyl groups excluding tert-OH is 1. The molecule has 1 N–H and O–H groups in total. The summed E-state index contributed by atoms with van der Waals surface area (Å²) in [5.74, 6) is 0.681. The molecule has 0 aromatic heterocycles. The summed E-state index contributed by atoms with van der Waals surface area (Å²) in [5.41, 5.74) is 1.64. The van der Waals surface area contributed by atoms with E-state index < -0.39 is 30.5 Å². The van der Waals surface area contributed by atoms with E-state index in [1.807, 2.05) is 6.92 Å². The summed E-state index contributed by atoms with van der Waals surface area (Å²) < 4.78 is 40.6. The molecule has 2 aromatic rings. The van der Waals surface area contributed by atoms with E-state index in [4.69, 9.17) is 9.16 Å². The van der Waals surface area contributed by atoms with Gasteiger partial charge in [-0.15, -0.1) is 0 Å². The monoisotopic (exact) mass is 491 g/mol. The third kappa shape index (κ3) is 5.52. The summed E-state index contributed by atoms with van der Waals surface area (Å²) in [6.07, 6.45) is -0.821. The molecule has 0 spiro atoms. The number of aryl methyl sites for hydroxylation is 1. The fourth-order valence-corrected chi connectivity index (χ4v) is 6.94. The minimum Gasteiger partial charge on any atom is -0.497 e. The van der Waals surface area contributed by atoms with Gasteiger partial charge in [0.05, 0.1) is 30.3 Å². The van der Waals surface area contributed by atoms with Gasteiger partial charge in [0.1, 0.15) is 5.75 Å². The van der Waals surface area contributed by atoms with E-state index in [0.717, 1.165) is 5.56 Å². The van der Waals surface area contributed by atoms with Crippen LogP contribution in [0.25, 0.3) is 0 Å². The Hall–Kier alpha value is -1.71. The fourth-order valence-electron chi connectivity index (χ4n) is 3.91.